The Bertz CT molecular complexity index is 528. The van der Waals surface area contributed by atoms with Gasteiger partial charge in [-0.05, 0) is 0 Å². The largest absolute Gasteiger partial charge is 0.480 e. The molecule has 6 heteroatoms. The van der Waals surface area contributed by atoms with Gasteiger partial charge in [-0.3, -0.25) is 19.2 Å². The standard InChI is InChI=1S/C12H9NO5/c14-8(15)5-13-12(18)9-10(16)6-3-1-2-4-7(6)11(9)17/h1-4,9H,5H2,(H,13,18)(H,14,15). The number of carbonyl (C=O) groups is 4. The first-order valence-corrected chi connectivity index (χ1v) is 5.19. The molecule has 92 valence electrons. The number of carbonyl (C=O) groups excluding carboxylic acids is 3. The van der Waals surface area contributed by atoms with E-state index in [9.17, 15) is 19.2 Å². The fourth-order valence-electron chi connectivity index (χ4n) is 1.85. The second-order valence-corrected chi connectivity index (χ2v) is 3.82. The summed E-state index contributed by atoms with van der Waals surface area (Å²) in [6, 6.07) is 6.14. The van der Waals surface area contributed by atoms with E-state index < -0.39 is 35.9 Å². The SMILES string of the molecule is O=C(O)CNC(=O)C1C(=O)c2ccccc2C1=O. The molecule has 1 aromatic carbocycles. The molecule has 0 saturated carbocycles. The van der Waals surface area contributed by atoms with E-state index in [-0.39, 0.29) is 11.1 Å². The summed E-state index contributed by atoms with van der Waals surface area (Å²) < 4.78 is 0. The molecule has 0 radical (unpaired) electrons. The van der Waals surface area contributed by atoms with Gasteiger partial charge in [0.2, 0.25) is 5.91 Å². The maximum Gasteiger partial charge on any atom is 0.322 e. The van der Waals surface area contributed by atoms with Gasteiger partial charge in [-0.15, -0.1) is 0 Å². The highest BCUT2D eigenvalue weighted by Crippen LogP contribution is 2.26. The number of nitrogens with one attached hydrogen (secondary N) is 1. The van der Waals surface area contributed by atoms with Crippen molar-refractivity contribution in [1.82, 2.24) is 5.32 Å². The molecule has 2 rings (SSSR count). The highest BCUT2D eigenvalue weighted by atomic mass is 16.4. The molecule has 0 aliphatic heterocycles. The van der Waals surface area contributed by atoms with E-state index in [1.54, 1.807) is 12.1 Å². The van der Waals surface area contributed by atoms with Gasteiger partial charge in [0, 0.05) is 11.1 Å². The molecule has 18 heavy (non-hydrogen) atoms. The molecule has 1 aromatic rings. The lowest BCUT2D eigenvalue weighted by atomic mass is 10.0. The Balaban J connectivity index is 2.23. The van der Waals surface area contributed by atoms with Crippen LogP contribution in [0.2, 0.25) is 0 Å². The van der Waals surface area contributed by atoms with E-state index in [4.69, 9.17) is 5.11 Å². The first-order valence-electron chi connectivity index (χ1n) is 5.19. The molecule has 1 aliphatic carbocycles. The molecular weight excluding hydrogens is 238 g/mol. The molecular formula is C12H9NO5. The van der Waals surface area contributed by atoms with Crippen LogP contribution < -0.4 is 5.32 Å². The van der Waals surface area contributed by atoms with Crippen LogP contribution in [0.3, 0.4) is 0 Å². The van der Waals surface area contributed by atoms with Crippen LogP contribution >= 0.6 is 0 Å². The van der Waals surface area contributed by atoms with Gasteiger partial charge in [-0.1, -0.05) is 24.3 Å². The Morgan fingerprint density at radius 3 is 2.06 bits per heavy atom. The van der Waals surface area contributed by atoms with Crippen molar-refractivity contribution < 1.29 is 24.3 Å². The van der Waals surface area contributed by atoms with E-state index in [1.807, 2.05) is 5.32 Å². The number of benzene rings is 1. The van der Waals surface area contributed by atoms with Crippen LogP contribution in [0.4, 0.5) is 0 Å². The van der Waals surface area contributed by atoms with Crippen molar-refractivity contribution in [3.8, 4) is 0 Å². The molecule has 0 fully saturated rings. The van der Waals surface area contributed by atoms with Gasteiger partial charge in [0.15, 0.2) is 17.5 Å². The Labute approximate surface area is 102 Å². The number of hydrogen-bond donors (Lipinski definition) is 2. The molecule has 0 spiro atoms. The van der Waals surface area contributed by atoms with Gasteiger partial charge in [-0.2, -0.15) is 0 Å². The predicted octanol–water partition coefficient (Wildman–Crippen LogP) is -0.117. The van der Waals surface area contributed by atoms with Crippen LogP contribution in [0.5, 0.6) is 0 Å². The first-order chi connectivity index (χ1) is 8.52. The molecule has 2 N–H and O–H groups in total. The lowest BCUT2D eigenvalue weighted by Crippen LogP contribution is -2.39. The van der Waals surface area contributed by atoms with Crippen LogP contribution in [0, 0.1) is 5.92 Å². The average molecular weight is 247 g/mol. The zero-order chi connectivity index (χ0) is 13.3. The number of fused-ring (bicyclic) bond motifs is 1. The van der Waals surface area contributed by atoms with Gasteiger partial charge in [0.25, 0.3) is 0 Å². The molecule has 0 aromatic heterocycles. The third-order valence-corrected chi connectivity index (χ3v) is 2.66. The fourth-order valence-corrected chi connectivity index (χ4v) is 1.85. The van der Waals surface area contributed by atoms with Crippen molar-refractivity contribution in [1.29, 1.82) is 0 Å². The highest BCUT2D eigenvalue weighted by Gasteiger charge is 2.43. The topological polar surface area (TPSA) is 101 Å². The summed E-state index contributed by atoms with van der Waals surface area (Å²) >= 11 is 0. The summed E-state index contributed by atoms with van der Waals surface area (Å²) in [5.74, 6) is -4.74. The highest BCUT2D eigenvalue weighted by molar-refractivity contribution is 6.35. The van der Waals surface area contributed by atoms with E-state index in [0.717, 1.165) is 0 Å². The molecule has 0 unspecified atom stereocenters. The minimum Gasteiger partial charge on any atom is -0.480 e. The number of rotatable bonds is 3. The molecule has 1 amide bonds. The van der Waals surface area contributed by atoms with Gasteiger partial charge in [0.05, 0.1) is 0 Å². The number of hydrogen-bond acceptors (Lipinski definition) is 4. The van der Waals surface area contributed by atoms with Gasteiger partial charge in [-0.25, -0.2) is 0 Å². The second-order valence-electron chi connectivity index (χ2n) is 3.82. The van der Waals surface area contributed by atoms with Crippen molar-refractivity contribution in [2.75, 3.05) is 6.54 Å². The monoisotopic (exact) mass is 247 g/mol. The van der Waals surface area contributed by atoms with Gasteiger partial charge < -0.3 is 10.4 Å². The van der Waals surface area contributed by atoms with Crippen molar-refractivity contribution in [3.63, 3.8) is 0 Å². The molecule has 6 nitrogen and oxygen atoms in total. The smallest absolute Gasteiger partial charge is 0.322 e. The van der Waals surface area contributed by atoms with Crippen LogP contribution in [0.15, 0.2) is 24.3 Å². The number of carboxylic acid groups (broad SMARTS) is 1. The van der Waals surface area contributed by atoms with E-state index in [2.05, 4.69) is 0 Å². The second kappa shape index (κ2) is 4.40. The number of carboxylic acids is 1. The third kappa shape index (κ3) is 1.88. The number of ketones is 2. The molecule has 0 heterocycles. The number of aliphatic carboxylic acids is 1. The average Bonchev–Trinajstić information content (AvgIpc) is 2.60. The van der Waals surface area contributed by atoms with Crippen LogP contribution in [0.25, 0.3) is 0 Å². The fraction of sp³-hybridized carbons (Fsp3) is 0.167. The Kier molecular flexibility index (Phi) is 2.93. The summed E-state index contributed by atoms with van der Waals surface area (Å²) in [7, 11) is 0. The molecule has 1 aliphatic rings. The normalized spacial score (nSPS) is 14.4. The first kappa shape index (κ1) is 12.0. The zero-order valence-corrected chi connectivity index (χ0v) is 9.17. The molecule has 0 atom stereocenters. The minimum atomic E-state index is -1.46. The number of Topliss-reactive ketones (excluding diaryl/α,β-unsaturated/α-hetero) is 2. The molecule has 0 saturated heterocycles. The molecule has 0 bridgehead atoms. The van der Waals surface area contributed by atoms with Gasteiger partial charge in [0.1, 0.15) is 6.54 Å². The Hall–Kier alpha value is -2.50. The van der Waals surface area contributed by atoms with Crippen LogP contribution in [-0.4, -0.2) is 35.1 Å². The Morgan fingerprint density at radius 2 is 1.61 bits per heavy atom. The van der Waals surface area contributed by atoms with Crippen molar-refractivity contribution in [2.24, 2.45) is 5.92 Å². The quantitative estimate of drug-likeness (QED) is 0.725. The van der Waals surface area contributed by atoms with E-state index >= 15 is 0 Å². The van der Waals surface area contributed by atoms with Crippen molar-refractivity contribution >= 4 is 23.4 Å². The maximum absolute atomic E-state index is 11.9. The lowest BCUT2D eigenvalue weighted by molar-refractivity contribution is -0.138. The zero-order valence-electron chi connectivity index (χ0n) is 9.17. The summed E-state index contributed by atoms with van der Waals surface area (Å²) in [5.41, 5.74) is 0.413. The van der Waals surface area contributed by atoms with Crippen molar-refractivity contribution in [3.05, 3.63) is 35.4 Å². The summed E-state index contributed by atoms with van der Waals surface area (Å²) in [6.07, 6.45) is 0. The summed E-state index contributed by atoms with van der Waals surface area (Å²) in [6.45, 7) is -0.619. The van der Waals surface area contributed by atoms with Crippen LogP contribution in [-0.2, 0) is 9.59 Å². The minimum absolute atomic E-state index is 0.206. The van der Waals surface area contributed by atoms with E-state index in [1.165, 1.54) is 12.1 Å². The number of amides is 1. The summed E-state index contributed by atoms with van der Waals surface area (Å²) in [4.78, 5) is 45.7. The van der Waals surface area contributed by atoms with Crippen LogP contribution in [0.1, 0.15) is 20.7 Å². The lowest BCUT2D eigenvalue weighted by Gasteiger charge is -2.06. The predicted molar refractivity (Wildman–Crippen MR) is 59.2 cm³/mol. The third-order valence-electron chi connectivity index (χ3n) is 2.66. The Morgan fingerprint density at radius 1 is 1.11 bits per heavy atom. The van der Waals surface area contributed by atoms with E-state index in [0.29, 0.717) is 0 Å². The van der Waals surface area contributed by atoms with Crippen molar-refractivity contribution in [2.45, 2.75) is 0 Å². The summed E-state index contributed by atoms with van der Waals surface area (Å²) in [5, 5.41) is 10.5. The maximum atomic E-state index is 11.9. The van der Waals surface area contributed by atoms with Gasteiger partial charge >= 0.3 is 5.97 Å².